The topological polar surface area (TPSA) is 41.9 Å². The lowest BCUT2D eigenvalue weighted by Gasteiger charge is -2.19. The summed E-state index contributed by atoms with van der Waals surface area (Å²) >= 11 is 6.42. The first kappa shape index (κ1) is 19.0. The fourth-order valence-electron chi connectivity index (χ4n) is 3.16. The lowest BCUT2D eigenvalue weighted by Crippen LogP contribution is -2.32. The van der Waals surface area contributed by atoms with E-state index in [-0.39, 0.29) is 5.91 Å². The van der Waals surface area contributed by atoms with E-state index in [9.17, 15) is 4.79 Å². The Balaban J connectivity index is 1.84. The standard InChI is InChI=1S/C24H19ClN2O2/c1-16-10-12-18(13-11-16)27-23(20-8-3-4-9-21(20)25)26-22(24(27)28)15-17-6-5-7-19(14-17)29-2/h3-15H,1-2H3/b22-15+. The second-order valence-electron chi connectivity index (χ2n) is 6.70. The molecule has 1 heterocycles. The van der Waals surface area contributed by atoms with Crippen LogP contribution in [0.25, 0.3) is 6.08 Å². The molecule has 0 aliphatic carbocycles. The number of benzene rings is 3. The van der Waals surface area contributed by atoms with Crippen LogP contribution in [-0.2, 0) is 4.79 Å². The average molecular weight is 403 g/mol. The summed E-state index contributed by atoms with van der Waals surface area (Å²) in [5.74, 6) is 1.03. The van der Waals surface area contributed by atoms with E-state index in [2.05, 4.69) is 4.99 Å². The molecule has 0 spiro atoms. The van der Waals surface area contributed by atoms with E-state index in [0.29, 0.717) is 22.1 Å². The summed E-state index contributed by atoms with van der Waals surface area (Å²) in [6, 6.07) is 22.6. The Bertz CT molecular complexity index is 1130. The van der Waals surface area contributed by atoms with Gasteiger partial charge in [0.25, 0.3) is 5.91 Å². The van der Waals surface area contributed by atoms with E-state index in [1.807, 2.05) is 73.7 Å². The van der Waals surface area contributed by atoms with Crippen LogP contribution in [0, 0.1) is 6.92 Å². The number of amidine groups is 1. The van der Waals surface area contributed by atoms with Gasteiger partial charge in [0.1, 0.15) is 17.3 Å². The monoisotopic (exact) mass is 402 g/mol. The molecule has 0 N–H and O–H groups in total. The van der Waals surface area contributed by atoms with Gasteiger partial charge in [-0.05, 0) is 55.0 Å². The van der Waals surface area contributed by atoms with Gasteiger partial charge in [-0.25, -0.2) is 4.99 Å². The van der Waals surface area contributed by atoms with Crippen LogP contribution < -0.4 is 9.64 Å². The molecule has 1 aliphatic rings. The number of aliphatic imine (C=N–C) groups is 1. The number of carbonyl (C=O) groups is 1. The minimum atomic E-state index is -0.202. The maximum Gasteiger partial charge on any atom is 0.282 e. The van der Waals surface area contributed by atoms with Crippen molar-refractivity contribution in [3.05, 3.63) is 100 Å². The van der Waals surface area contributed by atoms with Crippen LogP contribution in [0.1, 0.15) is 16.7 Å². The molecule has 1 aliphatic heterocycles. The second-order valence-corrected chi connectivity index (χ2v) is 7.10. The van der Waals surface area contributed by atoms with Crippen LogP contribution in [0.5, 0.6) is 5.75 Å². The molecule has 0 saturated heterocycles. The fourth-order valence-corrected chi connectivity index (χ4v) is 3.38. The Labute approximate surface area is 174 Å². The number of aryl methyl sites for hydroxylation is 1. The van der Waals surface area contributed by atoms with E-state index in [1.165, 1.54) is 0 Å². The number of ether oxygens (including phenoxy) is 1. The highest BCUT2D eigenvalue weighted by molar-refractivity contribution is 6.39. The summed E-state index contributed by atoms with van der Waals surface area (Å²) < 4.78 is 5.28. The maximum absolute atomic E-state index is 13.3. The first-order valence-corrected chi connectivity index (χ1v) is 9.55. The van der Waals surface area contributed by atoms with E-state index in [4.69, 9.17) is 16.3 Å². The molecule has 0 radical (unpaired) electrons. The summed E-state index contributed by atoms with van der Waals surface area (Å²) in [5, 5.41) is 0.541. The van der Waals surface area contributed by atoms with Crippen LogP contribution in [0.15, 0.2) is 83.5 Å². The zero-order chi connectivity index (χ0) is 20.4. The molecule has 0 saturated carbocycles. The Morgan fingerprint density at radius 3 is 2.48 bits per heavy atom. The predicted molar refractivity (Wildman–Crippen MR) is 118 cm³/mol. The van der Waals surface area contributed by atoms with Crippen LogP contribution in [0.2, 0.25) is 5.02 Å². The van der Waals surface area contributed by atoms with E-state index < -0.39 is 0 Å². The Morgan fingerprint density at radius 2 is 1.76 bits per heavy atom. The quantitative estimate of drug-likeness (QED) is 0.541. The summed E-state index contributed by atoms with van der Waals surface area (Å²) in [6.07, 6.45) is 1.76. The summed E-state index contributed by atoms with van der Waals surface area (Å²) in [6.45, 7) is 2.01. The molecule has 4 rings (SSSR count). The number of halogens is 1. The second kappa shape index (κ2) is 7.94. The van der Waals surface area contributed by atoms with Crippen LogP contribution >= 0.6 is 11.6 Å². The molecule has 0 bridgehead atoms. The van der Waals surface area contributed by atoms with Gasteiger partial charge in [-0.3, -0.25) is 9.69 Å². The summed E-state index contributed by atoms with van der Waals surface area (Å²) in [7, 11) is 1.61. The number of amides is 1. The third-order valence-electron chi connectivity index (χ3n) is 4.66. The summed E-state index contributed by atoms with van der Waals surface area (Å²) in [5.41, 5.74) is 3.74. The van der Waals surface area contributed by atoms with Crippen molar-refractivity contribution in [1.82, 2.24) is 0 Å². The summed E-state index contributed by atoms with van der Waals surface area (Å²) in [4.78, 5) is 19.6. The van der Waals surface area contributed by atoms with Crippen molar-refractivity contribution < 1.29 is 9.53 Å². The first-order chi connectivity index (χ1) is 14.1. The Kier molecular flexibility index (Phi) is 5.19. The maximum atomic E-state index is 13.3. The number of nitrogens with zero attached hydrogens (tertiary/aromatic N) is 2. The molecule has 0 fully saturated rings. The smallest absolute Gasteiger partial charge is 0.282 e. The fraction of sp³-hybridized carbons (Fsp3) is 0.0833. The number of anilines is 1. The molecule has 0 unspecified atom stereocenters. The normalized spacial score (nSPS) is 15.0. The Morgan fingerprint density at radius 1 is 1.00 bits per heavy atom. The van der Waals surface area contributed by atoms with Crippen molar-refractivity contribution in [2.45, 2.75) is 6.92 Å². The molecule has 29 heavy (non-hydrogen) atoms. The van der Waals surface area contributed by atoms with Crippen molar-refractivity contribution in [1.29, 1.82) is 0 Å². The SMILES string of the molecule is COc1cccc(/C=C2/N=C(c3ccccc3Cl)N(c3ccc(C)cc3)C2=O)c1. The minimum absolute atomic E-state index is 0.202. The lowest BCUT2D eigenvalue weighted by molar-refractivity contribution is -0.113. The third-order valence-corrected chi connectivity index (χ3v) is 4.99. The molecule has 0 aromatic heterocycles. The van der Waals surface area contributed by atoms with Gasteiger partial charge in [0.05, 0.1) is 17.8 Å². The van der Waals surface area contributed by atoms with E-state index in [1.54, 1.807) is 24.2 Å². The van der Waals surface area contributed by atoms with Crippen LogP contribution in [0.4, 0.5) is 5.69 Å². The molecule has 3 aromatic rings. The number of carbonyl (C=O) groups excluding carboxylic acids is 1. The molecule has 3 aromatic carbocycles. The van der Waals surface area contributed by atoms with E-state index in [0.717, 1.165) is 22.6 Å². The van der Waals surface area contributed by atoms with Gasteiger partial charge in [-0.15, -0.1) is 0 Å². The van der Waals surface area contributed by atoms with Gasteiger partial charge in [0.15, 0.2) is 0 Å². The largest absolute Gasteiger partial charge is 0.497 e. The molecular formula is C24H19ClN2O2. The van der Waals surface area contributed by atoms with Crippen LogP contribution in [-0.4, -0.2) is 18.9 Å². The first-order valence-electron chi connectivity index (χ1n) is 9.17. The number of rotatable bonds is 4. The number of hydrogen-bond donors (Lipinski definition) is 0. The van der Waals surface area contributed by atoms with Gasteiger partial charge in [-0.1, -0.05) is 53.6 Å². The predicted octanol–water partition coefficient (Wildman–Crippen LogP) is 5.49. The average Bonchev–Trinajstić information content (AvgIpc) is 3.05. The molecular weight excluding hydrogens is 384 g/mol. The van der Waals surface area contributed by atoms with Gasteiger partial charge in [0, 0.05) is 5.56 Å². The van der Waals surface area contributed by atoms with E-state index >= 15 is 0 Å². The molecule has 0 atom stereocenters. The molecule has 144 valence electrons. The van der Waals surface area contributed by atoms with Gasteiger partial charge in [-0.2, -0.15) is 0 Å². The van der Waals surface area contributed by atoms with Crippen LogP contribution in [0.3, 0.4) is 0 Å². The van der Waals surface area contributed by atoms with Crippen molar-refractivity contribution >= 4 is 35.1 Å². The number of hydrogen-bond acceptors (Lipinski definition) is 3. The van der Waals surface area contributed by atoms with Crippen molar-refractivity contribution in [2.24, 2.45) is 4.99 Å². The third kappa shape index (κ3) is 3.80. The highest BCUT2D eigenvalue weighted by Crippen LogP contribution is 2.30. The minimum Gasteiger partial charge on any atom is -0.497 e. The highest BCUT2D eigenvalue weighted by atomic mass is 35.5. The lowest BCUT2D eigenvalue weighted by atomic mass is 10.1. The zero-order valence-electron chi connectivity index (χ0n) is 16.1. The molecule has 4 nitrogen and oxygen atoms in total. The van der Waals surface area contributed by atoms with Crippen molar-refractivity contribution in [3.63, 3.8) is 0 Å². The van der Waals surface area contributed by atoms with Gasteiger partial charge >= 0.3 is 0 Å². The van der Waals surface area contributed by atoms with Gasteiger partial charge < -0.3 is 4.74 Å². The Hall–Kier alpha value is -3.37. The van der Waals surface area contributed by atoms with Crippen molar-refractivity contribution in [3.8, 4) is 5.75 Å². The number of methoxy groups -OCH3 is 1. The zero-order valence-corrected chi connectivity index (χ0v) is 16.9. The molecule has 5 heteroatoms. The van der Waals surface area contributed by atoms with Crippen molar-refractivity contribution in [2.75, 3.05) is 12.0 Å². The molecule has 1 amide bonds. The highest BCUT2D eigenvalue weighted by Gasteiger charge is 2.33. The van der Waals surface area contributed by atoms with Gasteiger partial charge in [0.2, 0.25) is 0 Å².